The molecular formula is C7H3Cl2N5. The summed E-state index contributed by atoms with van der Waals surface area (Å²) in [4.78, 5) is 19.2. The van der Waals surface area contributed by atoms with E-state index in [2.05, 4.69) is 24.9 Å². The fraction of sp³-hybridized carbons (Fsp3) is 0. The summed E-state index contributed by atoms with van der Waals surface area (Å²) in [5.74, 6) is 0.308. The summed E-state index contributed by atoms with van der Waals surface area (Å²) in [5, 5.41) is 0.0660. The standard InChI is InChI=1S/C7H3Cl2N5/c8-6-12-5(13-7(9)14-6)4-3-10-1-2-11-4/h1-3H. The highest BCUT2D eigenvalue weighted by Crippen LogP contribution is 2.14. The first-order chi connectivity index (χ1) is 6.75. The lowest BCUT2D eigenvalue weighted by atomic mass is 10.4. The highest BCUT2D eigenvalue weighted by atomic mass is 35.5. The lowest BCUT2D eigenvalue weighted by molar-refractivity contribution is 1.03. The van der Waals surface area contributed by atoms with Crippen molar-refractivity contribution >= 4 is 23.2 Å². The minimum Gasteiger partial charge on any atom is -0.261 e. The lowest BCUT2D eigenvalue weighted by Gasteiger charge is -1.97. The maximum atomic E-state index is 5.61. The van der Waals surface area contributed by atoms with Crippen LogP contribution >= 0.6 is 23.2 Å². The molecule has 0 aliphatic rings. The summed E-state index contributed by atoms with van der Waals surface area (Å²) < 4.78 is 0. The molecule has 14 heavy (non-hydrogen) atoms. The van der Waals surface area contributed by atoms with E-state index in [1.54, 1.807) is 6.20 Å². The van der Waals surface area contributed by atoms with E-state index < -0.39 is 0 Å². The van der Waals surface area contributed by atoms with Crippen molar-refractivity contribution in [3.63, 3.8) is 0 Å². The average Bonchev–Trinajstić information content (AvgIpc) is 2.18. The molecule has 2 rings (SSSR count). The van der Waals surface area contributed by atoms with Gasteiger partial charge in [0.25, 0.3) is 0 Å². The maximum Gasteiger partial charge on any atom is 0.227 e. The van der Waals surface area contributed by atoms with E-state index in [1.165, 1.54) is 12.4 Å². The van der Waals surface area contributed by atoms with Crippen molar-refractivity contribution < 1.29 is 0 Å². The number of nitrogens with zero attached hydrogens (tertiary/aromatic N) is 5. The normalized spacial score (nSPS) is 10.1. The number of halogens is 2. The zero-order valence-electron chi connectivity index (χ0n) is 6.72. The zero-order valence-corrected chi connectivity index (χ0v) is 8.24. The van der Waals surface area contributed by atoms with Gasteiger partial charge in [0.1, 0.15) is 5.69 Å². The summed E-state index contributed by atoms with van der Waals surface area (Å²) >= 11 is 11.2. The van der Waals surface area contributed by atoms with Crippen molar-refractivity contribution in [3.8, 4) is 11.5 Å². The molecule has 5 nitrogen and oxygen atoms in total. The molecule has 0 radical (unpaired) electrons. The second-order valence-electron chi connectivity index (χ2n) is 2.29. The van der Waals surface area contributed by atoms with E-state index in [9.17, 15) is 0 Å². The quantitative estimate of drug-likeness (QED) is 0.742. The van der Waals surface area contributed by atoms with Crippen LogP contribution in [-0.2, 0) is 0 Å². The lowest BCUT2D eigenvalue weighted by Crippen LogP contribution is -1.95. The van der Waals surface area contributed by atoms with Crippen LogP contribution in [-0.4, -0.2) is 24.9 Å². The van der Waals surface area contributed by atoms with Crippen LogP contribution in [0.4, 0.5) is 0 Å². The molecule has 0 unspecified atom stereocenters. The smallest absolute Gasteiger partial charge is 0.227 e. The van der Waals surface area contributed by atoms with Crippen molar-refractivity contribution in [3.05, 3.63) is 29.2 Å². The molecule has 0 aromatic carbocycles. The first-order valence-corrected chi connectivity index (χ1v) is 4.35. The average molecular weight is 228 g/mol. The highest BCUT2D eigenvalue weighted by Gasteiger charge is 2.06. The minimum absolute atomic E-state index is 0.0330. The van der Waals surface area contributed by atoms with Gasteiger partial charge in [0.15, 0.2) is 5.82 Å². The molecule has 0 bridgehead atoms. The van der Waals surface area contributed by atoms with Crippen LogP contribution in [0.2, 0.25) is 10.6 Å². The molecule has 0 saturated heterocycles. The Morgan fingerprint density at radius 3 is 2.21 bits per heavy atom. The second-order valence-corrected chi connectivity index (χ2v) is 2.96. The third-order valence-electron chi connectivity index (χ3n) is 1.37. The van der Waals surface area contributed by atoms with Gasteiger partial charge >= 0.3 is 0 Å². The Kier molecular flexibility index (Phi) is 2.51. The van der Waals surface area contributed by atoms with Crippen molar-refractivity contribution in [2.75, 3.05) is 0 Å². The van der Waals surface area contributed by atoms with Gasteiger partial charge in [-0.3, -0.25) is 4.98 Å². The summed E-state index contributed by atoms with van der Waals surface area (Å²) in [6.07, 6.45) is 4.59. The molecule has 0 saturated carbocycles. The molecule has 0 spiro atoms. The monoisotopic (exact) mass is 227 g/mol. The van der Waals surface area contributed by atoms with E-state index in [0.29, 0.717) is 11.5 Å². The van der Waals surface area contributed by atoms with Gasteiger partial charge in [-0.1, -0.05) is 0 Å². The van der Waals surface area contributed by atoms with Gasteiger partial charge in [-0.2, -0.15) is 15.0 Å². The second kappa shape index (κ2) is 3.81. The molecule has 70 valence electrons. The first kappa shape index (κ1) is 9.23. The van der Waals surface area contributed by atoms with E-state index in [4.69, 9.17) is 23.2 Å². The topological polar surface area (TPSA) is 64.5 Å². The molecule has 7 heteroatoms. The molecule has 2 heterocycles. The molecule has 0 N–H and O–H groups in total. The Balaban J connectivity index is 2.52. The Morgan fingerprint density at radius 1 is 0.929 bits per heavy atom. The van der Waals surface area contributed by atoms with Crippen LogP contribution in [0.25, 0.3) is 11.5 Å². The van der Waals surface area contributed by atoms with E-state index in [0.717, 1.165) is 0 Å². The van der Waals surface area contributed by atoms with Crippen LogP contribution in [0, 0.1) is 0 Å². The SMILES string of the molecule is Clc1nc(Cl)nc(-c2cnccn2)n1. The zero-order chi connectivity index (χ0) is 9.97. The van der Waals surface area contributed by atoms with Gasteiger partial charge in [0.05, 0.1) is 6.20 Å². The largest absolute Gasteiger partial charge is 0.261 e. The number of rotatable bonds is 1. The maximum absolute atomic E-state index is 5.61. The molecule has 0 atom stereocenters. The molecule has 0 amide bonds. The third-order valence-corrected chi connectivity index (χ3v) is 1.71. The van der Waals surface area contributed by atoms with Crippen LogP contribution in [0.15, 0.2) is 18.6 Å². The predicted octanol–water partition coefficient (Wildman–Crippen LogP) is 1.64. The Bertz CT molecular complexity index is 427. The Hall–Kier alpha value is -1.33. The van der Waals surface area contributed by atoms with Crippen LogP contribution in [0.3, 0.4) is 0 Å². The van der Waals surface area contributed by atoms with Crippen molar-refractivity contribution in [2.24, 2.45) is 0 Å². The van der Waals surface area contributed by atoms with Gasteiger partial charge in [-0.25, -0.2) is 4.98 Å². The van der Waals surface area contributed by atoms with Gasteiger partial charge in [-0.15, -0.1) is 0 Å². The predicted molar refractivity (Wildman–Crippen MR) is 50.9 cm³/mol. The molecular weight excluding hydrogens is 225 g/mol. The molecule has 2 aromatic rings. The molecule has 2 aromatic heterocycles. The first-order valence-electron chi connectivity index (χ1n) is 3.59. The summed E-state index contributed by atoms with van der Waals surface area (Å²) in [6, 6.07) is 0. The number of hydrogen-bond donors (Lipinski definition) is 0. The van der Waals surface area contributed by atoms with Gasteiger partial charge in [0, 0.05) is 12.4 Å². The van der Waals surface area contributed by atoms with Crippen LogP contribution < -0.4 is 0 Å². The number of aromatic nitrogens is 5. The summed E-state index contributed by atoms with van der Waals surface area (Å²) in [7, 11) is 0. The minimum atomic E-state index is 0.0330. The van der Waals surface area contributed by atoms with Crippen LogP contribution in [0.5, 0.6) is 0 Å². The Labute approximate surface area is 89.2 Å². The van der Waals surface area contributed by atoms with E-state index in [1.807, 2.05) is 0 Å². The molecule has 0 fully saturated rings. The van der Waals surface area contributed by atoms with Crippen molar-refractivity contribution in [1.82, 2.24) is 24.9 Å². The fourth-order valence-electron chi connectivity index (χ4n) is 0.855. The van der Waals surface area contributed by atoms with Gasteiger partial charge in [0.2, 0.25) is 10.6 Å². The van der Waals surface area contributed by atoms with E-state index >= 15 is 0 Å². The number of hydrogen-bond acceptors (Lipinski definition) is 5. The summed E-state index contributed by atoms with van der Waals surface area (Å²) in [5.41, 5.74) is 0.499. The van der Waals surface area contributed by atoms with Crippen molar-refractivity contribution in [2.45, 2.75) is 0 Å². The van der Waals surface area contributed by atoms with Gasteiger partial charge < -0.3 is 0 Å². The van der Waals surface area contributed by atoms with E-state index in [-0.39, 0.29) is 10.6 Å². The van der Waals surface area contributed by atoms with Gasteiger partial charge in [-0.05, 0) is 23.2 Å². The van der Waals surface area contributed by atoms with Crippen molar-refractivity contribution in [1.29, 1.82) is 0 Å². The highest BCUT2D eigenvalue weighted by molar-refractivity contribution is 6.31. The fourth-order valence-corrected chi connectivity index (χ4v) is 1.22. The summed E-state index contributed by atoms with van der Waals surface area (Å²) in [6.45, 7) is 0. The molecule has 0 aliphatic heterocycles. The molecule has 0 aliphatic carbocycles. The Morgan fingerprint density at radius 2 is 1.64 bits per heavy atom. The third kappa shape index (κ3) is 1.94. The van der Waals surface area contributed by atoms with Crippen LogP contribution in [0.1, 0.15) is 0 Å².